The quantitative estimate of drug-likeness (QED) is 0.510. The second kappa shape index (κ2) is 10.5. The molecule has 13 heteroatoms. The Hall–Kier alpha value is -2.38. The minimum Gasteiger partial charge on any atom is -0.375 e. The number of alkyl halides is 2. The van der Waals surface area contributed by atoms with Gasteiger partial charge in [0.15, 0.2) is 0 Å². The summed E-state index contributed by atoms with van der Waals surface area (Å²) in [5, 5.41) is -0.0187. The molecule has 2 aromatic rings. The van der Waals surface area contributed by atoms with Crippen molar-refractivity contribution in [1.29, 1.82) is 0 Å². The van der Waals surface area contributed by atoms with Gasteiger partial charge in [0.05, 0.1) is 17.1 Å². The Morgan fingerprint density at radius 1 is 1.02 bits per heavy atom. The van der Waals surface area contributed by atoms with E-state index in [4.69, 9.17) is 22.1 Å². The van der Waals surface area contributed by atoms with Gasteiger partial charge in [-0.05, 0) is 62.1 Å². The van der Waals surface area contributed by atoms with Crippen molar-refractivity contribution < 1.29 is 26.7 Å². The second-order valence-corrected chi connectivity index (χ2v) is 13.5. The predicted octanol–water partition coefficient (Wildman–Crippen LogP) is 3.36. The summed E-state index contributed by atoms with van der Waals surface area (Å²) in [7, 11) is -3.79. The van der Waals surface area contributed by atoms with Crippen molar-refractivity contribution in [2.24, 2.45) is 11.7 Å². The lowest BCUT2D eigenvalue weighted by Gasteiger charge is -2.36. The van der Waals surface area contributed by atoms with E-state index in [1.54, 1.807) is 21.9 Å². The number of hydrogen-bond donors (Lipinski definition) is 1. The lowest BCUT2D eigenvalue weighted by molar-refractivity contribution is -0.128. The molecule has 1 amide bonds. The summed E-state index contributed by atoms with van der Waals surface area (Å²) >= 11 is 6.21. The maximum absolute atomic E-state index is 15.6. The molecule has 1 aromatic carbocycles. The first kappa shape index (κ1) is 27.8. The SMILES string of the molecule is NC1CC(=O)N(c2ccc(S(=O)(=O)N3CCN(c4cc(C(F)(F)C5CC6CCC(C5)O6)cc(Cl)n4)CC3)cc2)C1. The summed E-state index contributed by atoms with van der Waals surface area (Å²) in [6.45, 7) is 1.27. The fourth-order valence-corrected chi connectivity index (χ4v) is 7.94. The van der Waals surface area contributed by atoms with Gasteiger partial charge in [-0.3, -0.25) is 4.79 Å². The van der Waals surface area contributed by atoms with E-state index >= 15 is 8.78 Å². The summed E-state index contributed by atoms with van der Waals surface area (Å²) in [4.78, 5) is 19.9. The highest BCUT2D eigenvalue weighted by molar-refractivity contribution is 7.89. The predicted molar refractivity (Wildman–Crippen MR) is 146 cm³/mol. The third-order valence-corrected chi connectivity index (χ3v) is 10.6. The summed E-state index contributed by atoms with van der Waals surface area (Å²) < 4.78 is 65.0. The number of sulfonamides is 1. The van der Waals surface area contributed by atoms with E-state index in [1.807, 2.05) is 0 Å². The van der Waals surface area contributed by atoms with Crippen molar-refractivity contribution in [1.82, 2.24) is 9.29 Å². The number of carbonyl (C=O) groups excluding carboxylic acids is 1. The number of fused-ring (bicyclic) bond motifs is 2. The van der Waals surface area contributed by atoms with Crippen LogP contribution in [0.1, 0.15) is 37.7 Å². The van der Waals surface area contributed by atoms with E-state index < -0.39 is 21.9 Å². The zero-order valence-electron chi connectivity index (χ0n) is 21.9. The van der Waals surface area contributed by atoms with Crippen LogP contribution in [0.3, 0.4) is 0 Å². The minimum absolute atomic E-state index is 0.0187. The normalized spacial score (nSPS) is 27.9. The zero-order chi connectivity index (χ0) is 28.2. The molecule has 4 fully saturated rings. The minimum atomic E-state index is -3.79. The second-order valence-electron chi connectivity index (χ2n) is 11.1. The van der Waals surface area contributed by atoms with Gasteiger partial charge in [-0.15, -0.1) is 0 Å². The molecule has 1 aromatic heterocycles. The molecular weight excluding hydrogens is 564 g/mol. The van der Waals surface area contributed by atoms with Crippen molar-refractivity contribution in [3.63, 3.8) is 0 Å². The van der Waals surface area contributed by atoms with Gasteiger partial charge in [-0.2, -0.15) is 4.31 Å². The van der Waals surface area contributed by atoms with Gasteiger partial charge in [-0.1, -0.05) is 11.6 Å². The van der Waals surface area contributed by atoms with Crippen LogP contribution in [0.15, 0.2) is 41.3 Å². The maximum Gasteiger partial charge on any atom is 0.276 e. The Bertz CT molecular complexity index is 1380. The Morgan fingerprint density at radius 2 is 1.68 bits per heavy atom. The van der Waals surface area contributed by atoms with E-state index in [1.165, 1.54) is 28.6 Å². The van der Waals surface area contributed by atoms with Crippen molar-refractivity contribution >= 4 is 39.0 Å². The number of piperazine rings is 1. The molecule has 0 saturated carbocycles. The molecule has 3 atom stereocenters. The number of rotatable bonds is 6. The molecule has 9 nitrogen and oxygen atoms in total. The Morgan fingerprint density at radius 3 is 2.27 bits per heavy atom. The van der Waals surface area contributed by atoms with E-state index in [2.05, 4.69) is 4.98 Å². The Labute approximate surface area is 237 Å². The first-order valence-electron chi connectivity index (χ1n) is 13.6. The summed E-state index contributed by atoms with van der Waals surface area (Å²) in [6, 6.07) is 8.59. The summed E-state index contributed by atoms with van der Waals surface area (Å²) in [5.41, 5.74) is 6.31. The highest BCUT2D eigenvalue weighted by Crippen LogP contribution is 2.48. The molecule has 4 aliphatic heterocycles. The number of benzene rings is 1. The number of hydrogen-bond acceptors (Lipinski definition) is 7. The molecule has 4 aliphatic rings. The monoisotopic (exact) mass is 595 g/mol. The van der Waals surface area contributed by atoms with Crippen LogP contribution in [0.4, 0.5) is 20.3 Å². The molecule has 2 bridgehead atoms. The lowest BCUT2D eigenvalue weighted by atomic mass is 9.86. The standard InChI is InChI=1S/C27H32ClF2N5O4S/c28-24-13-18(27(29,30)17-11-21-3-4-22(12-17)39-21)14-25(32-24)33-7-9-34(10-8-33)40(37,38)23-5-1-20(2-6-23)35-16-19(31)15-26(35)36/h1-2,5-6,13-14,17,19,21-22H,3-4,7-12,15-16,31H2. The summed E-state index contributed by atoms with van der Waals surface area (Å²) in [5.74, 6) is -3.67. The molecule has 0 radical (unpaired) electrons. The van der Waals surface area contributed by atoms with E-state index in [9.17, 15) is 13.2 Å². The number of ether oxygens (including phenoxy) is 1. The molecule has 0 aliphatic carbocycles. The first-order valence-corrected chi connectivity index (χ1v) is 15.4. The molecule has 2 N–H and O–H groups in total. The average molecular weight is 596 g/mol. The maximum atomic E-state index is 15.6. The Kier molecular flexibility index (Phi) is 7.27. The van der Waals surface area contributed by atoms with Crippen LogP contribution in [-0.4, -0.2) is 74.6 Å². The van der Waals surface area contributed by atoms with Gasteiger partial charge in [0, 0.05) is 62.4 Å². The Balaban J connectivity index is 1.13. The number of aromatic nitrogens is 1. The van der Waals surface area contributed by atoms with E-state index in [-0.39, 0.29) is 72.4 Å². The van der Waals surface area contributed by atoms with Crippen molar-refractivity contribution in [3.05, 3.63) is 47.1 Å². The topological polar surface area (TPSA) is 109 Å². The van der Waals surface area contributed by atoms with Gasteiger partial charge in [0.2, 0.25) is 15.9 Å². The van der Waals surface area contributed by atoms with Crippen LogP contribution < -0.4 is 15.5 Å². The molecular formula is C27H32ClF2N5O4S. The van der Waals surface area contributed by atoms with Crippen LogP contribution in [0.25, 0.3) is 0 Å². The number of halogens is 3. The number of pyridine rings is 1. The van der Waals surface area contributed by atoms with Crippen molar-refractivity contribution in [2.75, 3.05) is 42.5 Å². The van der Waals surface area contributed by atoms with Crippen LogP contribution in [0.5, 0.6) is 0 Å². The zero-order valence-corrected chi connectivity index (χ0v) is 23.5. The number of anilines is 2. The van der Waals surface area contributed by atoms with Crippen LogP contribution in [-0.2, 0) is 25.5 Å². The van der Waals surface area contributed by atoms with Gasteiger partial charge in [-0.25, -0.2) is 22.2 Å². The molecule has 216 valence electrons. The first-order chi connectivity index (χ1) is 19.0. The molecule has 3 unspecified atom stereocenters. The van der Waals surface area contributed by atoms with Crippen LogP contribution >= 0.6 is 11.6 Å². The van der Waals surface area contributed by atoms with Crippen LogP contribution in [0, 0.1) is 5.92 Å². The molecule has 6 rings (SSSR count). The molecule has 5 heterocycles. The van der Waals surface area contributed by atoms with Gasteiger partial charge in [0.1, 0.15) is 11.0 Å². The smallest absolute Gasteiger partial charge is 0.276 e. The fourth-order valence-electron chi connectivity index (χ4n) is 6.32. The summed E-state index contributed by atoms with van der Waals surface area (Å²) in [6.07, 6.45) is 2.32. The van der Waals surface area contributed by atoms with Gasteiger partial charge >= 0.3 is 0 Å². The average Bonchev–Trinajstić information content (AvgIpc) is 3.46. The van der Waals surface area contributed by atoms with Crippen molar-refractivity contribution in [3.8, 4) is 0 Å². The van der Waals surface area contributed by atoms with Crippen molar-refractivity contribution in [2.45, 2.75) is 61.2 Å². The number of nitrogens with two attached hydrogens (primary N) is 1. The fraction of sp³-hybridized carbons (Fsp3) is 0.556. The highest BCUT2D eigenvalue weighted by Gasteiger charge is 2.48. The molecule has 4 saturated heterocycles. The third kappa shape index (κ3) is 5.20. The van der Waals surface area contributed by atoms with E-state index in [0.717, 1.165) is 12.8 Å². The van der Waals surface area contributed by atoms with Gasteiger partial charge in [0.25, 0.3) is 5.92 Å². The number of carbonyl (C=O) groups is 1. The number of nitrogens with zero attached hydrogens (tertiary/aromatic N) is 4. The lowest BCUT2D eigenvalue weighted by Crippen LogP contribution is -2.49. The third-order valence-electron chi connectivity index (χ3n) is 8.47. The molecule has 40 heavy (non-hydrogen) atoms. The number of amides is 1. The van der Waals surface area contributed by atoms with E-state index in [0.29, 0.717) is 30.9 Å². The highest BCUT2D eigenvalue weighted by atomic mass is 35.5. The van der Waals surface area contributed by atoms with Crippen LogP contribution in [0.2, 0.25) is 5.15 Å². The molecule has 0 spiro atoms. The van der Waals surface area contributed by atoms with Gasteiger partial charge < -0.3 is 20.3 Å². The largest absolute Gasteiger partial charge is 0.375 e.